The van der Waals surface area contributed by atoms with E-state index in [4.69, 9.17) is 9.26 Å². The lowest BCUT2D eigenvalue weighted by Gasteiger charge is -2.07. The Bertz CT molecular complexity index is 581. The number of ether oxygens (including phenoxy) is 1. The summed E-state index contributed by atoms with van der Waals surface area (Å²) in [6.07, 6.45) is 1.38. The molecule has 0 fully saturated rings. The highest BCUT2D eigenvalue weighted by Crippen LogP contribution is 2.16. The summed E-state index contributed by atoms with van der Waals surface area (Å²) in [5.41, 5.74) is 2.50. The first-order valence-corrected chi connectivity index (χ1v) is 7.27. The molecule has 0 bridgehead atoms. The molecule has 2 aromatic rings. The first-order chi connectivity index (χ1) is 10.1. The second-order valence-electron chi connectivity index (χ2n) is 5.34. The molecule has 21 heavy (non-hydrogen) atoms. The topological polar surface area (TPSA) is 60.2 Å². The van der Waals surface area contributed by atoms with Crippen LogP contribution in [0.4, 0.5) is 0 Å². The number of aryl methyl sites for hydroxylation is 2. The molecule has 0 saturated carbocycles. The van der Waals surface area contributed by atoms with Gasteiger partial charge in [0.05, 0.1) is 13.0 Å². The van der Waals surface area contributed by atoms with Crippen LogP contribution in [0.25, 0.3) is 0 Å². The highest BCUT2D eigenvalue weighted by atomic mass is 16.5. The highest BCUT2D eigenvalue weighted by Gasteiger charge is 2.09. The third-order valence-electron chi connectivity index (χ3n) is 3.55. The summed E-state index contributed by atoms with van der Waals surface area (Å²) >= 11 is 0. The SMILES string of the molecule is CNC(C)Cc1noc(CCOc2ccc(C)c(C)c2)n1. The Hall–Kier alpha value is -1.88. The molecule has 2 rings (SSSR count). The Morgan fingerprint density at radius 2 is 2.10 bits per heavy atom. The van der Waals surface area contributed by atoms with Crippen molar-refractivity contribution >= 4 is 0 Å². The Labute approximate surface area is 125 Å². The molecule has 0 aliphatic rings. The van der Waals surface area contributed by atoms with Crippen LogP contribution in [-0.4, -0.2) is 29.8 Å². The summed E-state index contributed by atoms with van der Waals surface area (Å²) in [4.78, 5) is 4.36. The molecule has 1 heterocycles. The summed E-state index contributed by atoms with van der Waals surface area (Å²) in [5, 5.41) is 7.12. The van der Waals surface area contributed by atoms with Gasteiger partial charge in [-0.05, 0) is 51.1 Å². The van der Waals surface area contributed by atoms with Crippen molar-refractivity contribution in [3.05, 3.63) is 41.0 Å². The number of nitrogens with zero attached hydrogens (tertiary/aromatic N) is 2. The van der Waals surface area contributed by atoms with Gasteiger partial charge >= 0.3 is 0 Å². The Balaban J connectivity index is 1.82. The average Bonchev–Trinajstić information content (AvgIpc) is 2.90. The molecular weight excluding hydrogens is 266 g/mol. The fourth-order valence-electron chi connectivity index (χ4n) is 1.91. The van der Waals surface area contributed by atoms with Crippen LogP contribution < -0.4 is 10.1 Å². The van der Waals surface area contributed by atoms with Gasteiger partial charge < -0.3 is 14.6 Å². The van der Waals surface area contributed by atoms with Crippen LogP contribution in [0.5, 0.6) is 5.75 Å². The number of likely N-dealkylation sites (N-methyl/N-ethyl adjacent to an activating group) is 1. The quantitative estimate of drug-likeness (QED) is 0.848. The van der Waals surface area contributed by atoms with Gasteiger partial charge in [0.15, 0.2) is 5.82 Å². The molecule has 0 radical (unpaired) electrons. The van der Waals surface area contributed by atoms with Crippen LogP contribution in [0, 0.1) is 13.8 Å². The zero-order valence-electron chi connectivity index (χ0n) is 13.1. The number of hydrogen-bond donors (Lipinski definition) is 1. The van der Waals surface area contributed by atoms with E-state index >= 15 is 0 Å². The van der Waals surface area contributed by atoms with Gasteiger partial charge in [0.1, 0.15) is 5.75 Å². The second kappa shape index (κ2) is 7.22. The number of nitrogens with one attached hydrogen (secondary N) is 1. The molecular formula is C16H23N3O2. The van der Waals surface area contributed by atoms with Gasteiger partial charge in [-0.2, -0.15) is 4.98 Å². The molecule has 1 aromatic heterocycles. The molecule has 0 saturated heterocycles. The van der Waals surface area contributed by atoms with Gasteiger partial charge in [0.25, 0.3) is 0 Å². The van der Waals surface area contributed by atoms with Gasteiger partial charge in [0.2, 0.25) is 5.89 Å². The summed E-state index contributed by atoms with van der Waals surface area (Å²) in [7, 11) is 1.92. The maximum absolute atomic E-state index is 5.72. The summed E-state index contributed by atoms with van der Waals surface area (Å²) in [5.74, 6) is 2.23. The van der Waals surface area contributed by atoms with Crippen LogP contribution in [0.15, 0.2) is 22.7 Å². The van der Waals surface area contributed by atoms with Crippen molar-refractivity contribution in [2.45, 2.75) is 39.7 Å². The number of aromatic nitrogens is 2. The van der Waals surface area contributed by atoms with Crippen molar-refractivity contribution in [1.82, 2.24) is 15.5 Å². The van der Waals surface area contributed by atoms with Gasteiger partial charge in [-0.1, -0.05) is 11.2 Å². The van der Waals surface area contributed by atoms with Gasteiger partial charge in [0, 0.05) is 12.5 Å². The van der Waals surface area contributed by atoms with E-state index in [1.165, 1.54) is 11.1 Å². The Kier molecular flexibility index (Phi) is 5.33. The molecule has 0 aliphatic heterocycles. The number of benzene rings is 1. The lowest BCUT2D eigenvalue weighted by molar-refractivity contribution is 0.291. The Morgan fingerprint density at radius 1 is 1.29 bits per heavy atom. The normalized spacial score (nSPS) is 12.4. The van der Waals surface area contributed by atoms with E-state index < -0.39 is 0 Å². The van der Waals surface area contributed by atoms with Crippen LogP contribution >= 0.6 is 0 Å². The molecule has 5 nitrogen and oxygen atoms in total. The number of hydrogen-bond acceptors (Lipinski definition) is 5. The summed E-state index contributed by atoms with van der Waals surface area (Å²) < 4.78 is 10.9. The molecule has 114 valence electrons. The molecule has 0 amide bonds. The molecule has 1 atom stereocenters. The molecule has 0 aliphatic carbocycles. The van der Waals surface area contributed by atoms with Gasteiger partial charge in [-0.3, -0.25) is 0 Å². The van der Waals surface area contributed by atoms with E-state index in [0.29, 0.717) is 25.0 Å². The Morgan fingerprint density at radius 3 is 2.81 bits per heavy atom. The van der Waals surface area contributed by atoms with Crippen molar-refractivity contribution in [3.63, 3.8) is 0 Å². The van der Waals surface area contributed by atoms with E-state index in [-0.39, 0.29) is 0 Å². The van der Waals surface area contributed by atoms with E-state index in [1.807, 2.05) is 19.2 Å². The van der Waals surface area contributed by atoms with E-state index in [9.17, 15) is 0 Å². The minimum absolute atomic E-state index is 0.335. The maximum Gasteiger partial charge on any atom is 0.230 e. The van der Waals surface area contributed by atoms with Crippen LogP contribution in [0.3, 0.4) is 0 Å². The van der Waals surface area contributed by atoms with Crippen LogP contribution in [0.2, 0.25) is 0 Å². The van der Waals surface area contributed by atoms with Gasteiger partial charge in [-0.15, -0.1) is 0 Å². The lowest BCUT2D eigenvalue weighted by atomic mass is 10.1. The molecule has 1 N–H and O–H groups in total. The first kappa shape index (κ1) is 15.5. The van der Waals surface area contributed by atoms with E-state index in [1.54, 1.807) is 0 Å². The zero-order valence-corrected chi connectivity index (χ0v) is 13.1. The van der Waals surface area contributed by atoms with Crippen LogP contribution in [-0.2, 0) is 12.8 Å². The van der Waals surface area contributed by atoms with Crippen molar-refractivity contribution in [2.75, 3.05) is 13.7 Å². The third-order valence-corrected chi connectivity index (χ3v) is 3.55. The predicted octanol–water partition coefficient (Wildman–Crippen LogP) is 2.46. The number of rotatable bonds is 7. The summed E-state index contributed by atoms with van der Waals surface area (Å²) in [6, 6.07) is 6.43. The largest absolute Gasteiger partial charge is 0.493 e. The van der Waals surface area contributed by atoms with E-state index in [0.717, 1.165) is 18.0 Å². The molecule has 5 heteroatoms. The fourth-order valence-corrected chi connectivity index (χ4v) is 1.91. The minimum atomic E-state index is 0.335. The standard InChI is InChI=1S/C16H23N3O2/c1-11-5-6-14(9-12(11)2)20-8-7-16-18-15(19-21-16)10-13(3)17-4/h5-6,9,13,17H,7-8,10H2,1-4H3. The lowest BCUT2D eigenvalue weighted by Crippen LogP contribution is -2.24. The van der Waals surface area contributed by atoms with Crippen molar-refractivity contribution in [1.29, 1.82) is 0 Å². The van der Waals surface area contributed by atoms with Crippen molar-refractivity contribution in [3.8, 4) is 5.75 Å². The molecule has 1 aromatic carbocycles. The second-order valence-corrected chi connectivity index (χ2v) is 5.34. The first-order valence-electron chi connectivity index (χ1n) is 7.27. The molecule has 1 unspecified atom stereocenters. The third kappa shape index (κ3) is 4.56. The van der Waals surface area contributed by atoms with Gasteiger partial charge in [-0.25, -0.2) is 0 Å². The average molecular weight is 289 g/mol. The van der Waals surface area contributed by atoms with Crippen molar-refractivity contribution < 1.29 is 9.26 Å². The monoisotopic (exact) mass is 289 g/mol. The smallest absolute Gasteiger partial charge is 0.230 e. The maximum atomic E-state index is 5.72. The highest BCUT2D eigenvalue weighted by molar-refractivity contribution is 5.33. The van der Waals surface area contributed by atoms with Crippen LogP contribution in [0.1, 0.15) is 29.8 Å². The fraction of sp³-hybridized carbons (Fsp3) is 0.500. The molecule has 0 spiro atoms. The summed E-state index contributed by atoms with van der Waals surface area (Å²) in [6.45, 7) is 6.78. The van der Waals surface area contributed by atoms with E-state index in [2.05, 4.69) is 42.3 Å². The predicted molar refractivity (Wildman–Crippen MR) is 81.6 cm³/mol. The minimum Gasteiger partial charge on any atom is -0.493 e. The van der Waals surface area contributed by atoms with Crippen molar-refractivity contribution in [2.24, 2.45) is 0 Å². The zero-order chi connectivity index (χ0) is 15.2.